The first-order valence-electron chi connectivity index (χ1n) is 7.15. The van der Waals surface area contributed by atoms with Gasteiger partial charge in [0, 0.05) is 6.54 Å². The smallest absolute Gasteiger partial charge is 0.257 e. The molecule has 0 heterocycles. The Morgan fingerprint density at radius 3 is 2.43 bits per heavy atom. The van der Waals surface area contributed by atoms with E-state index < -0.39 is 0 Å². The third kappa shape index (κ3) is 6.04. The van der Waals surface area contributed by atoms with Crippen LogP contribution in [0.15, 0.2) is 22.7 Å². The van der Waals surface area contributed by atoms with Gasteiger partial charge in [-0.2, -0.15) is 0 Å². The van der Waals surface area contributed by atoms with E-state index in [0.29, 0.717) is 34.5 Å². The van der Waals surface area contributed by atoms with E-state index >= 15 is 0 Å². The van der Waals surface area contributed by atoms with Crippen LogP contribution in [0.2, 0.25) is 0 Å². The summed E-state index contributed by atoms with van der Waals surface area (Å²) in [5.74, 6) is 1.39. The van der Waals surface area contributed by atoms with Crippen LogP contribution in [0.3, 0.4) is 0 Å². The highest BCUT2D eigenvalue weighted by Gasteiger charge is 2.18. The van der Waals surface area contributed by atoms with Crippen molar-refractivity contribution < 1.29 is 13.9 Å². The molecule has 0 radical (unpaired) electrons. The zero-order chi connectivity index (χ0) is 16.0. The number of benzene rings is 1. The average molecular weight is 360 g/mol. The van der Waals surface area contributed by atoms with Gasteiger partial charge in [-0.25, -0.2) is 4.39 Å². The molecule has 0 spiro atoms. The van der Waals surface area contributed by atoms with Crippen LogP contribution in [-0.4, -0.2) is 19.1 Å². The van der Waals surface area contributed by atoms with E-state index in [1.54, 1.807) is 0 Å². The number of hydrogen-bond donors (Lipinski definition) is 1. The molecule has 0 unspecified atom stereocenters. The summed E-state index contributed by atoms with van der Waals surface area (Å²) in [6.07, 6.45) is 0. The van der Waals surface area contributed by atoms with Gasteiger partial charge in [0.15, 0.2) is 6.61 Å². The van der Waals surface area contributed by atoms with Crippen molar-refractivity contribution in [3.63, 3.8) is 0 Å². The fourth-order valence-corrected chi connectivity index (χ4v) is 2.72. The Balaban J connectivity index is 2.44. The second-order valence-corrected chi connectivity index (χ2v) is 6.67. The summed E-state index contributed by atoms with van der Waals surface area (Å²) in [7, 11) is 0. The Morgan fingerprint density at radius 2 is 1.90 bits per heavy atom. The third-order valence-electron chi connectivity index (χ3n) is 3.50. The van der Waals surface area contributed by atoms with Crippen LogP contribution in [0.4, 0.5) is 4.39 Å². The summed E-state index contributed by atoms with van der Waals surface area (Å²) in [6, 6.07) is 4.10. The summed E-state index contributed by atoms with van der Waals surface area (Å²) in [6.45, 7) is 9.19. The lowest BCUT2D eigenvalue weighted by Gasteiger charge is -2.25. The van der Waals surface area contributed by atoms with Crippen molar-refractivity contribution >= 4 is 21.8 Å². The quantitative estimate of drug-likeness (QED) is 0.798. The molecule has 0 aliphatic heterocycles. The fraction of sp³-hybridized carbons (Fsp3) is 0.562. The minimum atomic E-state index is -0.351. The lowest BCUT2D eigenvalue weighted by molar-refractivity contribution is -0.123. The maximum absolute atomic E-state index is 12.9. The molecule has 1 amide bonds. The van der Waals surface area contributed by atoms with Crippen molar-refractivity contribution in [1.29, 1.82) is 0 Å². The lowest BCUT2D eigenvalue weighted by Crippen LogP contribution is -2.36. The minimum Gasteiger partial charge on any atom is -0.483 e. The first kappa shape index (κ1) is 18.0. The van der Waals surface area contributed by atoms with Gasteiger partial charge in [0.2, 0.25) is 0 Å². The molecule has 0 fully saturated rings. The molecule has 1 N–H and O–H groups in total. The van der Waals surface area contributed by atoms with Crippen molar-refractivity contribution in [2.45, 2.75) is 27.7 Å². The molecule has 0 aliphatic carbocycles. The van der Waals surface area contributed by atoms with E-state index in [1.807, 2.05) is 0 Å². The van der Waals surface area contributed by atoms with Crippen LogP contribution in [-0.2, 0) is 4.79 Å². The molecule has 0 saturated heterocycles. The highest BCUT2D eigenvalue weighted by atomic mass is 79.9. The summed E-state index contributed by atoms with van der Waals surface area (Å²) < 4.78 is 18.8. The number of nitrogens with one attached hydrogen (secondary N) is 1. The Morgan fingerprint density at radius 1 is 1.29 bits per heavy atom. The Kier molecular flexibility index (Phi) is 7.15. The van der Waals surface area contributed by atoms with Crippen molar-refractivity contribution in [3.05, 3.63) is 28.5 Å². The van der Waals surface area contributed by atoms with Crippen LogP contribution >= 0.6 is 15.9 Å². The monoisotopic (exact) mass is 359 g/mol. The molecule has 0 saturated carbocycles. The standard InChI is InChI=1S/C16H23BrFNO2/c1-10(2)13(11(3)4)8-19-16(20)9-21-15-6-5-12(18)7-14(15)17/h5-7,10-11,13H,8-9H2,1-4H3,(H,19,20). The molecule has 5 heteroatoms. The second kappa shape index (κ2) is 8.37. The summed E-state index contributed by atoms with van der Waals surface area (Å²) in [5, 5.41) is 2.89. The number of halogens is 2. The van der Waals surface area contributed by atoms with E-state index in [0.717, 1.165) is 0 Å². The average Bonchev–Trinajstić information content (AvgIpc) is 2.37. The number of carbonyl (C=O) groups excluding carboxylic acids is 1. The first-order valence-corrected chi connectivity index (χ1v) is 7.95. The summed E-state index contributed by atoms with van der Waals surface area (Å²) in [4.78, 5) is 11.8. The number of amides is 1. The molecule has 0 aromatic heterocycles. The van der Waals surface area contributed by atoms with Crippen LogP contribution in [0.25, 0.3) is 0 Å². The molecule has 118 valence electrons. The molecule has 1 rings (SSSR count). The molecule has 21 heavy (non-hydrogen) atoms. The maximum atomic E-state index is 12.9. The van der Waals surface area contributed by atoms with Crippen molar-refractivity contribution in [2.75, 3.05) is 13.2 Å². The predicted molar refractivity (Wildman–Crippen MR) is 85.8 cm³/mol. The zero-order valence-corrected chi connectivity index (χ0v) is 14.5. The first-order chi connectivity index (χ1) is 9.81. The van der Waals surface area contributed by atoms with Gasteiger partial charge in [-0.3, -0.25) is 4.79 Å². The zero-order valence-electron chi connectivity index (χ0n) is 13.0. The van der Waals surface area contributed by atoms with Gasteiger partial charge in [0.05, 0.1) is 4.47 Å². The highest BCUT2D eigenvalue weighted by Crippen LogP contribution is 2.25. The predicted octanol–water partition coefficient (Wildman–Crippen LogP) is 4.01. The number of ether oxygens (including phenoxy) is 1. The van der Waals surface area contributed by atoms with Gasteiger partial charge in [0.25, 0.3) is 5.91 Å². The Bertz CT molecular complexity index is 469. The molecule has 1 aromatic carbocycles. The fourth-order valence-electron chi connectivity index (χ4n) is 2.26. The summed E-state index contributed by atoms with van der Waals surface area (Å²) in [5.41, 5.74) is 0. The number of carbonyl (C=O) groups is 1. The highest BCUT2D eigenvalue weighted by molar-refractivity contribution is 9.10. The van der Waals surface area contributed by atoms with Crippen LogP contribution in [0, 0.1) is 23.6 Å². The van der Waals surface area contributed by atoms with Gasteiger partial charge >= 0.3 is 0 Å². The van der Waals surface area contributed by atoms with Crippen LogP contribution < -0.4 is 10.1 Å². The van der Waals surface area contributed by atoms with Gasteiger partial charge in [0.1, 0.15) is 11.6 Å². The van der Waals surface area contributed by atoms with Gasteiger partial charge in [-0.05, 0) is 51.9 Å². The normalized spacial score (nSPS) is 11.3. The molecular weight excluding hydrogens is 337 g/mol. The molecule has 3 nitrogen and oxygen atoms in total. The van der Waals surface area contributed by atoms with E-state index in [1.165, 1.54) is 18.2 Å². The number of hydrogen-bond acceptors (Lipinski definition) is 2. The third-order valence-corrected chi connectivity index (χ3v) is 4.12. The molecule has 1 aromatic rings. The molecule has 0 bridgehead atoms. The molecular formula is C16H23BrFNO2. The van der Waals surface area contributed by atoms with Gasteiger partial charge in [-0.1, -0.05) is 27.7 Å². The van der Waals surface area contributed by atoms with E-state index in [4.69, 9.17) is 4.74 Å². The summed E-state index contributed by atoms with van der Waals surface area (Å²) >= 11 is 3.20. The molecule has 0 atom stereocenters. The minimum absolute atomic E-state index is 0.0762. The Hall–Kier alpha value is -1.10. The topological polar surface area (TPSA) is 38.3 Å². The molecule has 0 aliphatic rings. The second-order valence-electron chi connectivity index (χ2n) is 5.82. The van der Waals surface area contributed by atoms with E-state index in [9.17, 15) is 9.18 Å². The van der Waals surface area contributed by atoms with Crippen molar-refractivity contribution in [3.8, 4) is 5.75 Å². The van der Waals surface area contributed by atoms with E-state index in [-0.39, 0.29) is 18.3 Å². The lowest BCUT2D eigenvalue weighted by atomic mass is 9.85. The van der Waals surface area contributed by atoms with Crippen molar-refractivity contribution in [2.24, 2.45) is 17.8 Å². The Labute approximate surface area is 134 Å². The van der Waals surface area contributed by atoms with Gasteiger partial charge < -0.3 is 10.1 Å². The van der Waals surface area contributed by atoms with Crippen molar-refractivity contribution in [1.82, 2.24) is 5.32 Å². The maximum Gasteiger partial charge on any atom is 0.257 e. The van der Waals surface area contributed by atoms with E-state index in [2.05, 4.69) is 48.9 Å². The van der Waals surface area contributed by atoms with Crippen LogP contribution in [0.5, 0.6) is 5.75 Å². The van der Waals surface area contributed by atoms with Crippen LogP contribution in [0.1, 0.15) is 27.7 Å². The van der Waals surface area contributed by atoms with Gasteiger partial charge in [-0.15, -0.1) is 0 Å². The SMILES string of the molecule is CC(C)C(CNC(=O)COc1ccc(F)cc1Br)C(C)C. The number of rotatable bonds is 7. The largest absolute Gasteiger partial charge is 0.483 e.